The second kappa shape index (κ2) is 7.33. The minimum Gasteiger partial charge on any atom is -0.493 e. The van der Waals surface area contributed by atoms with Gasteiger partial charge in [-0.15, -0.1) is 11.3 Å². The van der Waals surface area contributed by atoms with Crippen LogP contribution in [-0.4, -0.2) is 35.5 Å². The summed E-state index contributed by atoms with van der Waals surface area (Å²) in [7, 11) is 1.60. The van der Waals surface area contributed by atoms with Crippen LogP contribution in [0.3, 0.4) is 0 Å². The van der Waals surface area contributed by atoms with E-state index < -0.39 is 5.97 Å². The van der Waals surface area contributed by atoms with Gasteiger partial charge in [0.05, 0.1) is 19.4 Å². The van der Waals surface area contributed by atoms with Gasteiger partial charge in [-0.1, -0.05) is 23.9 Å². The predicted molar refractivity (Wildman–Crippen MR) is 83.0 cm³/mol. The lowest BCUT2D eigenvalue weighted by Gasteiger charge is -2.09. The predicted octanol–water partition coefficient (Wildman–Crippen LogP) is 3.33. The van der Waals surface area contributed by atoms with Crippen LogP contribution in [0.25, 0.3) is 0 Å². The first-order chi connectivity index (χ1) is 10.1. The number of nitrogens with zero attached hydrogens (tertiary/aromatic N) is 1. The van der Waals surface area contributed by atoms with Gasteiger partial charge in [-0.25, -0.2) is 9.78 Å². The zero-order chi connectivity index (χ0) is 15.2. The molecular weight excluding hydrogens is 310 g/mol. The number of aromatic carboxylic acids is 1. The summed E-state index contributed by atoms with van der Waals surface area (Å²) in [6.45, 7) is 2.20. The Labute approximate surface area is 130 Å². The van der Waals surface area contributed by atoms with E-state index in [4.69, 9.17) is 14.6 Å². The molecule has 21 heavy (non-hydrogen) atoms. The van der Waals surface area contributed by atoms with Gasteiger partial charge < -0.3 is 14.6 Å². The number of methoxy groups -OCH3 is 1. The van der Waals surface area contributed by atoms with Crippen LogP contribution in [0.1, 0.15) is 15.4 Å². The van der Waals surface area contributed by atoms with Gasteiger partial charge in [0.15, 0.2) is 15.8 Å². The Balaban J connectivity index is 1.85. The Hall–Kier alpha value is -1.73. The van der Waals surface area contributed by atoms with E-state index >= 15 is 0 Å². The van der Waals surface area contributed by atoms with E-state index in [1.807, 2.05) is 24.3 Å². The second-order valence-electron chi connectivity index (χ2n) is 4.05. The average molecular weight is 325 g/mol. The zero-order valence-electron chi connectivity index (χ0n) is 11.7. The molecule has 1 heterocycles. The molecule has 0 aliphatic rings. The SMILES string of the molecule is COc1ccccc1OCCSc1nc(C)c(C(=O)O)s1. The average Bonchev–Trinajstić information content (AvgIpc) is 2.85. The maximum Gasteiger partial charge on any atom is 0.347 e. The standard InChI is InChI=1S/C14H15NO4S2/c1-9-12(13(16)17)21-14(15-9)20-8-7-19-11-6-4-3-5-10(11)18-2/h3-6H,7-8H2,1-2H3,(H,16,17). The van der Waals surface area contributed by atoms with Crippen LogP contribution in [0, 0.1) is 6.92 Å². The number of rotatable bonds is 7. The van der Waals surface area contributed by atoms with Crippen molar-refractivity contribution in [3.05, 3.63) is 34.8 Å². The molecule has 0 bridgehead atoms. The number of thioether (sulfide) groups is 1. The van der Waals surface area contributed by atoms with Crippen molar-refractivity contribution in [3.8, 4) is 11.5 Å². The first-order valence-corrected chi connectivity index (χ1v) is 8.01. The largest absolute Gasteiger partial charge is 0.493 e. The van der Waals surface area contributed by atoms with Gasteiger partial charge in [0.25, 0.3) is 0 Å². The summed E-state index contributed by atoms with van der Waals surface area (Å²) < 4.78 is 11.6. The van der Waals surface area contributed by atoms with Crippen molar-refractivity contribution < 1.29 is 19.4 Å². The third-order valence-electron chi connectivity index (χ3n) is 2.61. The fourth-order valence-electron chi connectivity index (χ4n) is 1.65. The molecule has 0 aliphatic heterocycles. The lowest BCUT2D eigenvalue weighted by atomic mass is 10.3. The van der Waals surface area contributed by atoms with Crippen molar-refractivity contribution in [3.63, 3.8) is 0 Å². The fourth-order valence-corrected chi connectivity index (χ4v) is 3.57. The molecule has 0 amide bonds. The Morgan fingerprint density at radius 3 is 2.71 bits per heavy atom. The number of ether oxygens (including phenoxy) is 2. The molecule has 1 aromatic heterocycles. The van der Waals surface area contributed by atoms with Crippen molar-refractivity contribution >= 4 is 29.1 Å². The molecule has 2 rings (SSSR count). The Kier molecular flexibility index (Phi) is 5.46. The van der Waals surface area contributed by atoms with Crippen LogP contribution in [-0.2, 0) is 0 Å². The summed E-state index contributed by atoms with van der Waals surface area (Å²) in [5, 5.41) is 8.98. The first-order valence-electron chi connectivity index (χ1n) is 6.21. The van der Waals surface area contributed by atoms with Crippen molar-refractivity contribution in [1.29, 1.82) is 0 Å². The highest BCUT2D eigenvalue weighted by atomic mass is 32.2. The molecule has 5 nitrogen and oxygen atoms in total. The van der Waals surface area contributed by atoms with E-state index in [0.29, 0.717) is 34.4 Å². The summed E-state index contributed by atoms with van der Waals surface area (Å²) in [4.78, 5) is 15.5. The number of thiazole rings is 1. The second-order valence-corrected chi connectivity index (χ2v) is 6.39. The smallest absolute Gasteiger partial charge is 0.347 e. The number of hydrogen-bond acceptors (Lipinski definition) is 6. The lowest BCUT2D eigenvalue weighted by molar-refractivity contribution is 0.0701. The summed E-state index contributed by atoms with van der Waals surface area (Å²) in [5.74, 6) is 1.15. The number of para-hydroxylation sites is 2. The molecule has 0 unspecified atom stereocenters. The molecule has 0 saturated heterocycles. The maximum atomic E-state index is 10.9. The number of aryl methyl sites for hydroxylation is 1. The molecule has 0 fully saturated rings. The van der Waals surface area contributed by atoms with Gasteiger partial charge in [-0.2, -0.15) is 0 Å². The van der Waals surface area contributed by atoms with Crippen LogP contribution in [0.4, 0.5) is 0 Å². The molecular formula is C14H15NO4S2. The van der Waals surface area contributed by atoms with Crippen LogP contribution in [0.5, 0.6) is 11.5 Å². The zero-order valence-corrected chi connectivity index (χ0v) is 13.3. The Bertz CT molecular complexity index is 627. The van der Waals surface area contributed by atoms with E-state index in [0.717, 1.165) is 4.34 Å². The molecule has 0 radical (unpaired) electrons. The molecule has 0 saturated carbocycles. The monoisotopic (exact) mass is 325 g/mol. The highest BCUT2D eigenvalue weighted by molar-refractivity contribution is 8.01. The van der Waals surface area contributed by atoms with Crippen LogP contribution in [0.15, 0.2) is 28.6 Å². The quantitative estimate of drug-likeness (QED) is 0.622. The van der Waals surface area contributed by atoms with Gasteiger partial charge in [-0.3, -0.25) is 0 Å². The summed E-state index contributed by atoms with van der Waals surface area (Å²) >= 11 is 2.68. The van der Waals surface area contributed by atoms with Crippen LogP contribution >= 0.6 is 23.1 Å². The van der Waals surface area contributed by atoms with Crippen LogP contribution < -0.4 is 9.47 Å². The topological polar surface area (TPSA) is 68.7 Å². The number of benzene rings is 1. The van der Waals surface area contributed by atoms with Crippen molar-refractivity contribution in [1.82, 2.24) is 4.98 Å². The highest BCUT2D eigenvalue weighted by Gasteiger charge is 2.14. The number of aromatic nitrogens is 1. The fraction of sp³-hybridized carbons (Fsp3) is 0.286. The van der Waals surface area contributed by atoms with Gasteiger partial charge in [-0.05, 0) is 19.1 Å². The minimum absolute atomic E-state index is 0.295. The van der Waals surface area contributed by atoms with E-state index in [1.54, 1.807) is 14.0 Å². The van der Waals surface area contributed by atoms with Gasteiger partial charge >= 0.3 is 5.97 Å². The molecule has 2 aromatic rings. The minimum atomic E-state index is -0.929. The van der Waals surface area contributed by atoms with E-state index in [-0.39, 0.29) is 0 Å². The molecule has 112 valence electrons. The molecule has 1 aromatic carbocycles. The Morgan fingerprint density at radius 2 is 2.10 bits per heavy atom. The lowest BCUT2D eigenvalue weighted by Crippen LogP contribution is -2.01. The third kappa shape index (κ3) is 4.12. The maximum absolute atomic E-state index is 10.9. The van der Waals surface area contributed by atoms with Gasteiger partial charge in [0.1, 0.15) is 4.88 Å². The molecule has 0 aliphatic carbocycles. The van der Waals surface area contributed by atoms with E-state index in [1.165, 1.54) is 23.1 Å². The summed E-state index contributed by atoms with van der Waals surface area (Å²) in [6.07, 6.45) is 0. The highest BCUT2D eigenvalue weighted by Crippen LogP contribution is 2.28. The van der Waals surface area contributed by atoms with Crippen LogP contribution in [0.2, 0.25) is 0 Å². The number of carboxylic acids is 1. The number of carbonyl (C=O) groups is 1. The molecule has 0 atom stereocenters. The van der Waals surface area contributed by atoms with E-state index in [2.05, 4.69) is 4.98 Å². The number of carboxylic acid groups (broad SMARTS) is 1. The molecule has 7 heteroatoms. The normalized spacial score (nSPS) is 10.4. The molecule has 0 spiro atoms. The summed E-state index contributed by atoms with van der Waals surface area (Å²) in [5.41, 5.74) is 0.556. The van der Waals surface area contributed by atoms with Crippen molar-refractivity contribution in [2.24, 2.45) is 0 Å². The number of hydrogen-bond donors (Lipinski definition) is 1. The van der Waals surface area contributed by atoms with E-state index in [9.17, 15) is 4.79 Å². The van der Waals surface area contributed by atoms with Gasteiger partial charge in [0, 0.05) is 5.75 Å². The van der Waals surface area contributed by atoms with Crippen molar-refractivity contribution in [2.75, 3.05) is 19.5 Å². The van der Waals surface area contributed by atoms with Gasteiger partial charge in [0.2, 0.25) is 0 Å². The first kappa shape index (κ1) is 15.7. The van der Waals surface area contributed by atoms with Crippen molar-refractivity contribution in [2.45, 2.75) is 11.3 Å². The molecule has 1 N–H and O–H groups in total. The Morgan fingerprint density at radius 1 is 1.38 bits per heavy atom. The third-order valence-corrected chi connectivity index (χ3v) is 4.86. The summed E-state index contributed by atoms with van der Waals surface area (Å²) in [6, 6.07) is 7.45.